The van der Waals surface area contributed by atoms with Gasteiger partial charge >= 0.3 is 0 Å². The number of hydrogen-bond acceptors (Lipinski definition) is 4. The lowest BCUT2D eigenvalue weighted by atomic mass is 9.86. The van der Waals surface area contributed by atoms with Crippen LogP contribution in [-0.4, -0.2) is 26.2 Å². The van der Waals surface area contributed by atoms with Crippen LogP contribution in [0, 0.1) is 16.7 Å². The largest absolute Gasteiger partial charge is 0.396 e. The van der Waals surface area contributed by atoms with Crippen LogP contribution in [0.5, 0.6) is 0 Å². The molecule has 0 radical (unpaired) electrons. The minimum absolute atomic E-state index is 0.0841. The molecule has 5 nitrogen and oxygen atoms in total. The molecule has 2 N–H and O–H groups in total. The van der Waals surface area contributed by atoms with E-state index in [0.717, 1.165) is 0 Å². The number of hydrogen-bond donors (Lipinski definition) is 2. The molecular weight excluding hydrogens is 288 g/mol. The third-order valence-electron chi connectivity index (χ3n) is 3.27. The molecule has 1 unspecified atom stereocenters. The van der Waals surface area contributed by atoms with Crippen molar-refractivity contribution in [1.29, 1.82) is 5.26 Å². The van der Waals surface area contributed by atoms with Crippen molar-refractivity contribution >= 4 is 10.0 Å². The van der Waals surface area contributed by atoms with Gasteiger partial charge in [-0.2, -0.15) is 5.26 Å². The van der Waals surface area contributed by atoms with Crippen molar-refractivity contribution in [3.8, 4) is 6.07 Å². The summed E-state index contributed by atoms with van der Waals surface area (Å²) >= 11 is 0. The Kier molecular flexibility index (Phi) is 5.90. The zero-order valence-corrected chi connectivity index (χ0v) is 13.4. The maximum Gasteiger partial charge on any atom is 0.216 e. The molecule has 1 aromatic rings. The molecule has 0 spiro atoms. The molecule has 1 aromatic carbocycles. The van der Waals surface area contributed by atoms with Gasteiger partial charge in [-0.3, -0.25) is 0 Å². The molecule has 1 rings (SSSR count). The fourth-order valence-electron chi connectivity index (χ4n) is 2.02. The van der Waals surface area contributed by atoms with Gasteiger partial charge in [-0.05, 0) is 23.5 Å². The van der Waals surface area contributed by atoms with E-state index in [1.807, 2.05) is 26.8 Å². The van der Waals surface area contributed by atoms with E-state index in [1.54, 1.807) is 24.3 Å². The molecule has 0 bridgehead atoms. The highest BCUT2D eigenvalue weighted by Gasteiger charge is 2.28. The summed E-state index contributed by atoms with van der Waals surface area (Å²) < 4.78 is 27.2. The molecule has 0 aromatic heterocycles. The zero-order valence-electron chi connectivity index (χ0n) is 12.6. The monoisotopic (exact) mass is 310 g/mol. The summed E-state index contributed by atoms with van der Waals surface area (Å²) in [5.41, 5.74) is 0.534. The summed E-state index contributed by atoms with van der Waals surface area (Å²) in [6.45, 7) is 5.66. The van der Waals surface area contributed by atoms with Crippen LogP contribution >= 0.6 is 0 Å². The van der Waals surface area contributed by atoms with Gasteiger partial charge in [0.2, 0.25) is 10.0 Å². The van der Waals surface area contributed by atoms with Gasteiger partial charge in [0.25, 0.3) is 0 Å². The lowest BCUT2D eigenvalue weighted by molar-refractivity contribution is 0.214. The second-order valence-corrected chi connectivity index (χ2v) is 7.83. The molecule has 116 valence electrons. The Morgan fingerprint density at radius 1 is 1.33 bits per heavy atom. The second-order valence-electron chi connectivity index (χ2n) is 6.08. The van der Waals surface area contributed by atoms with Crippen molar-refractivity contribution in [2.45, 2.75) is 39.0 Å². The van der Waals surface area contributed by atoms with Crippen molar-refractivity contribution in [2.75, 3.05) is 6.61 Å². The maximum atomic E-state index is 12.3. The first kappa shape index (κ1) is 17.6. The molecule has 0 heterocycles. The average Bonchev–Trinajstić information content (AvgIpc) is 2.37. The predicted octanol–water partition coefficient (Wildman–Crippen LogP) is 1.77. The number of sulfonamides is 1. The molecule has 21 heavy (non-hydrogen) atoms. The summed E-state index contributed by atoms with van der Waals surface area (Å²) in [4.78, 5) is 0. The number of benzene rings is 1. The summed E-state index contributed by atoms with van der Waals surface area (Å²) in [6, 6.07) is 8.28. The van der Waals surface area contributed by atoms with Crippen molar-refractivity contribution in [2.24, 2.45) is 5.41 Å². The van der Waals surface area contributed by atoms with Crippen molar-refractivity contribution in [3.05, 3.63) is 35.4 Å². The van der Waals surface area contributed by atoms with Crippen LogP contribution in [0.15, 0.2) is 24.3 Å². The summed E-state index contributed by atoms with van der Waals surface area (Å²) in [7, 11) is -3.58. The Bertz CT molecular complexity index is 613. The molecular formula is C15H22N2O3S. The number of nitrogens with zero attached hydrogens (tertiary/aromatic N) is 1. The molecule has 6 heteroatoms. The van der Waals surface area contributed by atoms with Gasteiger partial charge in [0.1, 0.15) is 0 Å². The van der Waals surface area contributed by atoms with Crippen molar-refractivity contribution in [1.82, 2.24) is 4.72 Å². The first-order valence-electron chi connectivity index (χ1n) is 6.78. The quantitative estimate of drug-likeness (QED) is 0.838. The van der Waals surface area contributed by atoms with E-state index in [4.69, 9.17) is 10.4 Å². The van der Waals surface area contributed by atoms with Crippen molar-refractivity contribution in [3.63, 3.8) is 0 Å². The van der Waals surface area contributed by atoms with Gasteiger partial charge in [-0.25, -0.2) is 13.1 Å². The van der Waals surface area contributed by atoms with E-state index in [-0.39, 0.29) is 23.8 Å². The Labute approximate surface area is 126 Å². The SMILES string of the molecule is CC(C)(C)C(CCO)NS(=O)(=O)Cc1ccccc1C#N. The third kappa shape index (κ3) is 5.46. The molecule has 0 aliphatic carbocycles. The third-order valence-corrected chi connectivity index (χ3v) is 4.60. The standard InChI is InChI=1S/C15H22N2O3S/c1-15(2,3)14(8-9-18)17-21(19,20)11-13-7-5-4-6-12(13)10-16/h4-7,14,17-18H,8-9,11H2,1-3H3. The molecule has 0 saturated carbocycles. The van der Waals surface area contributed by atoms with E-state index in [1.165, 1.54) is 0 Å². The smallest absolute Gasteiger partial charge is 0.216 e. The Hall–Kier alpha value is -1.42. The van der Waals surface area contributed by atoms with Gasteiger partial charge in [0.15, 0.2) is 0 Å². The van der Waals surface area contributed by atoms with E-state index in [9.17, 15) is 8.42 Å². The first-order chi connectivity index (χ1) is 9.69. The summed E-state index contributed by atoms with van der Waals surface area (Å²) in [6.07, 6.45) is 0.350. The number of aliphatic hydroxyl groups is 1. The topological polar surface area (TPSA) is 90.2 Å². The van der Waals surface area contributed by atoms with Crippen LogP contribution in [0.2, 0.25) is 0 Å². The fraction of sp³-hybridized carbons (Fsp3) is 0.533. The van der Waals surface area contributed by atoms with E-state index < -0.39 is 10.0 Å². The molecule has 0 fully saturated rings. The predicted molar refractivity (Wildman–Crippen MR) is 81.9 cm³/mol. The summed E-state index contributed by atoms with van der Waals surface area (Å²) in [5.74, 6) is -0.241. The highest BCUT2D eigenvalue weighted by atomic mass is 32.2. The van der Waals surface area contributed by atoms with Crippen LogP contribution in [0.25, 0.3) is 0 Å². The van der Waals surface area contributed by atoms with Gasteiger partial charge in [0, 0.05) is 12.6 Å². The Morgan fingerprint density at radius 2 is 1.95 bits per heavy atom. The minimum atomic E-state index is -3.58. The number of rotatable bonds is 6. The average molecular weight is 310 g/mol. The van der Waals surface area contributed by atoms with E-state index >= 15 is 0 Å². The van der Waals surface area contributed by atoms with Gasteiger partial charge < -0.3 is 5.11 Å². The zero-order chi connectivity index (χ0) is 16.1. The molecule has 1 atom stereocenters. The van der Waals surface area contributed by atoms with Crippen LogP contribution in [0.3, 0.4) is 0 Å². The lowest BCUT2D eigenvalue weighted by Crippen LogP contribution is -2.44. The van der Waals surface area contributed by atoms with Gasteiger partial charge in [-0.1, -0.05) is 39.0 Å². The highest BCUT2D eigenvalue weighted by molar-refractivity contribution is 7.88. The van der Waals surface area contributed by atoms with E-state index in [0.29, 0.717) is 17.5 Å². The van der Waals surface area contributed by atoms with Crippen molar-refractivity contribution < 1.29 is 13.5 Å². The number of nitriles is 1. The first-order valence-corrected chi connectivity index (χ1v) is 8.43. The van der Waals surface area contributed by atoms with Crippen LogP contribution < -0.4 is 4.72 Å². The summed E-state index contributed by atoms with van der Waals surface area (Å²) in [5, 5.41) is 18.1. The lowest BCUT2D eigenvalue weighted by Gasteiger charge is -2.30. The molecule has 0 saturated heterocycles. The fourth-order valence-corrected chi connectivity index (χ4v) is 3.67. The second kappa shape index (κ2) is 7.03. The Morgan fingerprint density at radius 3 is 2.48 bits per heavy atom. The normalized spacial score (nSPS) is 13.7. The highest BCUT2D eigenvalue weighted by Crippen LogP contribution is 2.23. The Balaban J connectivity index is 2.94. The maximum absolute atomic E-state index is 12.3. The van der Waals surface area contributed by atoms with Crippen LogP contribution in [0.1, 0.15) is 38.3 Å². The minimum Gasteiger partial charge on any atom is -0.396 e. The van der Waals surface area contributed by atoms with Crippen LogP contribution in [0.4, 0.5) is 0 Å². The van der Waals surface area contributed by atoms with Gasteiger partial charge in [-0.15, -0.1) is 0 Å². The van der Waals surface area contributed by atoms with E-state index in [2.05, 4.69) is 4.72 Å². The van der Waals surface area contributed by atoms with Crippen LogP contribution in [-0.2, 0) is 15.8 Å². The van der Waals surface area contributed by atoms with Gasteiger partial charge in [0.05, 0.1) is 17.4 Å². The molecule has 0 aliphatic rings. The number of nitrogens with one attached hydrogen (secondary N) is 1. The number of aliphatic hydroxyl groups excluding tert-OH is 1. The molecule has 0 aliphatic heterocycles. The molecule has 0 amide bonds.